The van der Waals surface area contributed by atoms with Gasteiger partial charge in [-0.1, -0.05) is 24.1 Å². The Morgan fingerprint density at radius 3 is 2.33 bits per heavy atom. The molecule has 150 valence electrons. The quantitative estimate of drug-likeness (QED) is 0.737. The molecule has 0 aromatic heterocycles. The second kappa shape index (κ2) is 8.84. The molecule has 1 aromatic carbocycles. The summed E-state index contributed by atoms with van der Waals surface area (Å²) in [5.74, 6) is -1.40. The molecule has 1 saturated heterocycles. The van der Waals surface area contributed by atoms with E-state index >= 15 is 0 Å². The number of aryl methyl sites for hydroxylation is 3. The maximum absolute atomic E-state index is 13.4. The fraction of sp³-hybridized carbons (Fsp3) is 0.579. The van der Waals surface area contributed by atoms with Crippen LogP contribution in [0.2, 0.25) is 0 Å². The second-order valence-corrected chi connectivity index (χ2v) is 8.94. The molecule has 8 heteroatoms. The van der Waals surface area contributed by atoms with Crippen LogP contribution in [0.25, 0.3) is 0 Å². The summed E-state index contributed by atoms with van der Waals surface area (Å²) in [5, 5.41) is 4.82. The van der Waals surface area contributed by atoms with Crippen LogP contribution >= 0.6 is 0 Å². The molecule has 1 fully saturated rings. The van der Waals surface area contributed by atoms with Crippen molar-refractivity contribution in [3.63, 3.8) is 0 Å². The zero-order valence-corrected chi connectivity index (χ0v) is 17.3. The molecule has 2 amide bonds. The van der Waals surface area contributed by atoms with Crippen molar-refractivity contribution in [1.82, 2.24) is 14.9 Å². The predicted molar refractivity (Wildman–Crippen MR) is 104 cm³/mol. The maximum Gasteiger partial charge on any atom is 0.309 e. The molecule has 1 atom stereocenters. The van der Waals surface area contributed by atoms with Crippen LogP contribution in [0.15, 0.2) is 17.0 Å². The Morgan fingerprint density at radius 1 is 1.11 bits per heavy atom. The molecule has 1 aliphatic heterocycles. The molecule has 0 saturated carbocycles. The van der Waals surface area contributed by atoms with Crippen LogP contribution in [-0.2, 0) is 19.6 Å². The number of sulfonamides is 1. The topological polar surface area (TPSA) is 95.6 Å². The second-order valence-electron chi connectivity index (χ2n) is 7.12. The van der Waals surface area contributed by atoms with Crippen molar-refractivity contribution in [3.05, 3.63) is 28.8 Å². The predicted octanol–water partition coefficient (Wildman–Crippen LogP) is 1.41. The lowest BCUT2D eigenvalue weighted by Crippen LogP contribution is -2.46. The van der Waals surface area contributed by atoms with Crippen LogP contribution in [0.3, 0.4) is 0 Å². The van der Waals surface area contributed by atoms with Crippen molar-refractivity contribution in [2.24, 2.45) is 0 Å². The lowest BCUT2D eigenvalue weighted by atomic mass is 10.0. The van der Waals surface area contributed by atoms with Crippen molar-refractivity contribution in [2.75, 3.05) is 20.1 Å². The monoisotopic (exact) mass is 395 g/mol. The third-order valence-electron chi connectivity index (χ3n) is 4.94. The van der Waals surface area contributed by atoms with Crippen molar-refractivity contribution in [2.45, 2.75) is 57.4 Å². The van der Waals surface area contributed by atoms with Crippen molar-refractivity contribution < 1.29 is 18.0 Å². The number of amides is 2. The van der Waals surface area contributed by atoms with Gasteiger partial charge in [-0.2, -0.15) is 4.31 Å². The van der Waals surface area contributed by atoms with E-state index in [1.807, 2.05) is 32.9 Å². The minimum Gasteiger partial charge on any atom is -0.351 e. The maximum atomic E-state index is 13.4. The third-order valence-corrected chi connectivity index (χ3v) is 7.20. The Hall–Kier alpha value is -1.93. The van der Waals surface area contributed by atoms with Crippen LogP contribution in [0.4, 0.5) is 0 Å². The summed E-state index contributed by atoms with van der Waals surface area (Å²) in [6.07, 6.45) is 3.00. The minimum absolute atomic E-state index is 0.186. The lowest BCUT2D eigenvalue weighted by Gasteiger charge is -2.35. The average molecular weight is 396 g/mol. The Morgan fingerprint density at radius 2 is 1.74 bits per heavy atom. The van der Waals surface area contributed by atoms with Crippen LogP contribution in [0.1, 0.15) is 42.4 Å². The molecule has 2 N–H and O–H groups in total. The number of nitrogens with one attached hydrogen (secondary N) is 2. The summed E-state index contributed by atoms with van der Waals surface area (Å²) in [7, 11) is -2.23. The Kier molecular flexibility index (Phi) is 7.00. The van der Waals surface area contributed by atoms with Crippen molar-refractivity contribution in [1.29, 1.82) is 0 Å². The number of benzene rings is 1. The first-order valence-corrected chi connectivity index (χ1v) is 10.7. The lowest BCUT2D eigenvalue weighted by molar-refractivity contribution is -0.138. The highest BCUT2D eigenvalue weighted by atomic mass is 32.2. The number of rotatable bonds is 5. The zero-order valence-electron chi connectivity index (χ0n) is 16.5. The molecule has 0 aliphatic carbocycles. The molecule has 1 aromatic rings. The smallest absolute Gasteiger partial charge is 0.309 e. The van der Waals surface area contributed by atoms with Crippen molar-refractivity contribution in [3.8, 4) is 0 Å². The Bertz CT molecular complexity index is 797. The van der Waals surface area contributed by atoms with Gasteiger partial charge in [0.1, 0.15) is 0 Å². The highest BCUT2D eigenvalue weighted by molar-refractivity contribution is 7.89. The molecular formula is C19H29N3O4S. The van der Waals surface area contributed by atoms with Crippen molar-refractivity contribution >= 4 is 21.8 Å². The van der Waals surface area contributed by atoms with Gasteiger partial charge < -0.3 is 10.6 Å². The largest absolute Gasteiger partial charge is 0.351 e. The Labute approximate surface area is 161 Å². The van der Waals surface area contributed by atoms with Gasteiger partial charge in [-0.05, 0) is 51.2 Å². The summed E-state index contributed by atoms with van der Waals surface area (Å²) >= 11 is 0. The Balaban J connectivity index is 2.19. The van der Waals surface area contributed by atoms with Gasteiger partial charge in [0.05, 0.1) is 4.90 Å². The molecule has 1 heterocycles. The average Bonchev–Trinajstić information content (AvgIpc) is 2.60. The standard InChI is InChI=1S/C19H29N3O4S/c1-13-11-14(2)17(15(3)12-13)27(25,26)22-10-6-5-7-16(22)8-9-21-19(24)18(23)20-4/h11-12,16H,5-10H2,1-4H3,(H,20,23)(H,21,24)/t16-/m0/s1. The number of hydrogen-bond acceptors (Lipinski definition) is 4. The zero-order chi connectivity index (χ0) is 20.2. The number of piperidine rings is 1. The van der Waals surface area contributed by atoms with Crippen LogP contribution in [0.5, 0.6) is 0 Å². The first-order valence-electron chi connectivity index (χ1n) is 9.28. The molecule has 1 aliphatic rings. The third kappa shape index (κ3) is 4.87. The van der Waals surface area contributed by atoms with Crippen LogP contribution in [-0.4, -0.2) is 50.7 Å². The number of carbonyl (C=O) groups is 2. The van der Waals surface area contributed by atoms with Gasteiger partial charge in [0.2, 0.25) is 10.0 Å². The molecule has 27 heavy (non-hydrogen) atoms. The van der Waals surface area contributed by atoms with Gasteiger partial charge in [-0.3, -0.25) is 9.59 Å². The number of carbonyl (C=O) groups excluding carboxylic acids is 2. The summed E-state index contributed by atoms with van der Waals surface area (Å²) < 4.78 is 28.3. The van der Waals surface area contributed by atoms with E-state index in [1.54, 1.807) is 4.31 Å². The van der Waals surface area contributed by atoms with Gasteiger partial charge in [0, 0.05) is 26.2 Å². The highest BCUT2D eigenvalue weighted by Crippen LogP contribution is 2.31. The summed E-state index contributed by atoms with van der Waals surface area (Å²) in [6, 6.07) is 3.60. The normalized spacial score (nSPS) is 18.1. The van der Waals surface area contributed by atoms with E-state index in [0.29, 0.717) is 17.9 Å². The molecule has 2 rings (SSSR count). The fourth-order valence-corrected chi connectivity index (χ4v) is 5.95. The SMILES string of the molecule is CNC(=O)C(=O)NCC[C@@H]1CCCCN1S(=O)(=O)c1c(C)cc(C)cc1C. The molecule has 0 bridgehead atoms. The summed E-state index contributed by atoms with van der Waals surface area (Å²) in [4.78, 5) is 23.2. The van der Waals surface area contributed by atoms with E-state index in [2.05, 4.69) is 10.6 Å². The van der Waals surface area contributed by atoms with E-state index < -0.39 is 21.8 Å². The van der Waals surface area contributed by atoms with E-state index in [4.69, 9.17) is 0 Å². The van der Waals surface area contributed by atoms with Crippen LogP contribution in [0, 0.1) is 20.8 Å². The molecule has 0 unspecified atom stereocenters. The van der Waals surface area contributed by atoms with E-state index in [1.165, 1.54) is 7.05 Å². The molecule has 0 spiro atoms. The van der Waals surface area contributed by atoms with E-state index in [9.17, 15) is 18.0 Å². The first kappa shape index (κ1) is 21.4. The molecule has 7 nitrogen and oxygen atoms in total. The van der Waals surface area contributed by atoms with E-state index in [-0.39, 0.29) is 12.6 Å². The highest BCUT2D eigenvalue weighted by Gasteiger charge is 2.35. The van der Waals surface area contributed by atoms with Gasteiger partial charge in [-0.25, -0.2) is 8.42 Å². The van der Waals surface area contributed by atoms with Gasteiger partial charge >= 0.3 is 11.8 Å². The summed E-state index contributed by atoms with van der Waals surface area (Å²) in [6.45, 7) is 6.35. The van der Waals surface area contributed by atoms with Gasteiger partial charge in [-0.15, -0.1) is 0 Å². The number of likely N-dealkylation sites (N-methyl/N-ethyl adjacent to an activating group) is 1. The number of hydrogen-bond donors (Lipinski definition) is 2. The summed E-state index contributed by atoms with van der Waals surface area (Å²) in [5.41, 5.74) is 2.55. The van der Waals surface area contributed by atoms with Gasteiger partial charge in [0.25, 0.3) is 0 Å². The fourth-order valence-electron chi connectivity index (χ4n) is 3.82. The van der Waals surface area contributed by atoms with Crippen LogP contribution < -0.4 is 10.6 Å². The van der Waals surface area contributed by atoms with E-state index in [0.717, 1.165) is 36.0 Å². The minimum atomic E-state index is -3.62. The number of nitrogens with zero attached hydrogens (tertiary/aromatic N) is 1. The first-order chi connectivity index (χ1) is 12.7. The van der Waals surface area contributed by atoms with Gasteiger partial charge in [0.15, 0.2) is 0 Å². The molecular weight excluding hydrogens is 366 g/mol. The molecule has 0 radical (unpaired) electrons.